The van der Waals surface area contributed by atoms with Crippen LogP contribution in [0, 0.1) is 0 Å². The molecule has 0 unspecified atom stereocenters. The Morgan fingerprint density at radius 1 is 1.25 bits per heavy atom. The zero-order valence-electron chi connectivity index (χ0n) is 12.4. The van der Waals surface area contributed by atoms with Crippen molar-refractivity contribution in [1.82, 2.24) is 14.9 Å². The lowest BCUT2D eigenvalue weighted by Crippen LogP contribution is -2.21. The maximum atomic E-state index is 11.1. The number of amides is 1. The van der Waals surface area contributed by atoms with Crippen LogP contribution in [0.3, 0.4) is 0 Å². The van der Waals surface area contributed by atoms with E-state index in [1.807, 2.05) is 18.2 Å². The van der Waals surface area contributed by atoms with Gasteiger partial charge in [0.1, 0.15) is 5.82 Å². The van der Waals surface area contributed by atoms with Crippen molar-refractivity contribution in [2.75, 3.05) is 0 Å². The van der Waals surface area contributed by atoms with Crippen molar-refractivity contribution in [3.8, 4) is 0 Å². The summed E-state index contributed by atoms with van der Waals surface area (Å²) in [6, 6.07) is 8.16. The molecule has 1 aromatic carbocycles. The number of carbonyl (C=O) groups is 1. The molecular formula is C16H23N3O. The number of benzene rings is 1. The number of imidazole rings is 1. The van der Waals surface area contributed by atoms with Crippen LogP contribution in [0.4, 0.5) is 0 Å². The maximum Gasteiger partial charge on any atom is 0.217 e. The van der Waals surface area contributed by atoms with E-state index in [1.165, 1.54) is 26.2 Å². The average Bonchev–Trinajstić information content (AvgIpc) is 2.79. The van der Waals surface area contributed by atoms with Gasteiger partial charge in [-0.25, -0.2) is 4.98 Å². The second kappa shape index (κ2) is 7.08. The lowest BCUT2D eigenvalue weighted by Gasteiger charge is -2.09. The first-order valence-electron chi connectivity index (χ1n) is 7.41. The number of nitrogens with one attached hydrogen (secondary N) is 1. The molecule has 2 rings (SSSR count). The van der Waals surface area contributed by atoms with Gasteiger partial charge < -0.3 is 9.88 Å². The summed E-state index contributed by atoms with van der Waals surface area (Å²) in [6.07, 6.45) is 4.90. The Bertz CT molecular complexity index is 574. The third-order valence-electron chi connectivity index (χ3n) is 3.46. The predicted octanol–water partition coefficient (Wildman–Crippen LogP) is 3.25. The highest BCUT2D eigenvalue weighted by molar-refractivity contribution is 5.76. The van der Waals surface area contributed by atoms with Crippen LogP contribution in [0.1, 0.15) is 45.4 Å². The third-order valence-corrected chi connectivity index (χ3v) is 3.46. The molecule has 0 fully saturated rings. The average molecular weight is 273 g/mol. The number of carbonyl (C=O) groups excluding carboxylic acids is 1. The molecule has 4 heteroatoms. The minimum atomic E-state index is -0.0189. The molecule has 0 aliphatic rings. The van der Waals surface area contributed by atoms with E-state index in [-0.39, 0.29) is 5.91 Å². The normalized spacial score (nSPS) is 10.9. The fourth-order valence-electron chi connectivity index (χ4n) is 2.41. The lowest BCUT2D eigenvalue weighted by atomic mass is 10.2. The number of unbranched alkanes of at least 4 members (excludes halogenated alkanes) is 3. The SMILES string of the molecule is CCCCCCn1c(CNC(C)=O)nc2ccccc21. The van der Waals surface area contributed by atoms with Crippen molar-refractivity contribution in [2.45, 2.75) is 52.6 Å². The molecule has 1 heterocycles. The van der Waals surface area contributed by atoms with Gasteiger partial charge in [-0.3, -0.25) is 4.79 Å². The summed E-state index contributed by atoms with van der Waals surface area (Å²) in [4.78, 5) is 15.7. The first-order chi connectivity index (χ1) is 9.72. The monoisotopic (exact) mass is 273 g/mol. The molecule has 0 atom stereocenters. The first kappa shape index (κ1) is 14.6. The smallest absolute Gasteiger partial charge is 0.217 e. The summed E-state index contributed by atoms with van der Waals surface area (Å²) in [7, 11) is 0. The molecule has 0 saturated carbocycles. The summed E-state index contributed by atoms with van der Waals surface area (Å²) in [6.45, 7) is 5.22. The van der Waals surface area contributed by atoms with Crippen LogP contribution in [0.2, 0.25) is 0 Å². The number of aromatic nitrogens is 2. The summed E-state index contributed by atoms with van der Waals surface area (Å²) in [5.74, 6) is 0.924. The van der Waals surface area contributed by atoms with Gasteiger partial charge in [-0.15, -0.1) is 0 Å². The molecule has 0 aliphatic heterocycles. The summed E-state index contributed by atoms with van der Waals surface area (Å²) in [5.41, 5.74) is 2.16. The van der Waals surface area contributed by atoms with Crippen LogP contribution in [0.25, 0.3) is 11.0 Å². The zero-order valence-corrected chi connectivity index (χ0v) is 12.4. The second-order valence-corrected chi connectivity index (χ2v) is 5.14. The molecule has 1 aromatic heterocycles. The van der Waals surface area contributed by atoms with Crippen molar-refractivity contribution >= 4 is 16.9 Å². The van der Waals surface area contributed by atoms with E-state index in [0.717, 1.165) is 29.8 Å². The predicted molar refractivity (Wildman–Crippen MR) is 81.4 cm³/mol. The van der Waals surface area contributed by atoms with Gasteiger partial charge in [0.25, 0.3) is 0 Å². The van der Waals surface area contributed by atoms with Gasteiger partial charge in [0.2, 0.25) is 5.91 Å². The van der Waals surface area contributed by atoms with Crippen molar-refractivity contribution in [1.29, 1.82) is 0 Å². The zero-order chi connectivity index (χ0) is 14.4. The minimum Gasteiger partial charge on any atom is -0.349 e. The Labute approximate surface area is 120 Å². The van der Waals surface area contributed by atoms with E-state index in [0.29, 0.717) is 6.54 Å². The minimum absolute atomic E-state index is 0.0189. The highest BCUT2D eigenvalue weighted by atomic mass is 16.1. The van der Waals surface area contributed by atoms with E-state index in [9.17, 15) is 4.79 Å². The number of hydrogen-bond acceptors (Lipinski definition) is 2. The van der Waals surface area contributed by atoms with Gasteiger partial charge in [0.05, 0.1) is 17.6 Å². The maximum absolute atomic E-state index is 11.1. The van der Waals surface area contributed by atoms with Gasteiger partial charge in [-0.2, -0.15) is 0 Å². The molecule has 2 aromatic rings. The van der Waals surface area contributed by atoms with Gasteiger partial charge in [0.15, 0.2) is 0 Å². The van der Waals surface area contributed by atoms with Crippen molar-refractivity contribution < 1.29 is 4.79 Å². The number of aryl methyl sites for hydroxylation is 1. The molecule has 1 N–H and O–H groups in total. The molecule has 20 heavy (non-hydrogen) atoms. The number of para-hydroxylation sites is 2. The van der Waals surface area contributed by atoms with Crippen LogP contribution in [-0.4, -0.2) is 15.5 Å². The van der Waals surface area contributed by atoms with Gasteiger partial charge in [-0.05, 0) is 18.6 Å². The topological polar surface area (TPSA) is 46.9 Å². The third kappa shape index (κ3) is 3.59. The molecular weight excluding hydrogens is 250 g/mol. The molecule has 0 spiro atoms. The lowest BCUT2D eigenvalue weighted by molar-refractivity contribution is -0.119. The first-order valence-corrected chi connectivity index (χ1v) is 7.41. The fourth-order valence-corrected chi connectivity index (χ4v) is 2.41. The Hall–Kier alpha value is -1.84. The number of nitrogens with zero attached hydrogens (tertiary/aromatic N) is 2. The van der Waals surface area contributed by atoms with Crippen molar-refractivity contribution in [3.63, 3.8) is 0 Å². The quantitative estimate of drug-likeness (QED) is 0.787. The van der Waals surface area contributed by atoms with E-state index in [2.05, 4.69) is 27.9 Å². The Morgan fingerprint density at radius 3 is 2.80 bits per heavy atom. The summed E-state index contributed by atoms with van der Waals surface area (Å²) in [5, 5.41) is 2.84. The standard InChI is InChI=1S/C16H23N3O/c1-3-4-5-8-11-19-15-10-7-6-9-14(15)18-16(19)12-17-13(2)20/h6-7,9-10H,3-5,8,11-12H2,1-2H3,(H,17,20). The fraction of sp³-hybridized carbons (Fsp3) is 0.500. The molecule has 0 aliphatic carbocycles. The van der Waals surface area contributed by atoms with E-state index >= 15 is 0 Å². The number of fused-ring (bicyclic) bond motifs is 1. The molecule has 4 nitrogen and oxygen atoms in total. The largest absolute Gasteiger partial charge is 0.349 e. The molecule has 1 amide bonds. The highest BCUT2D eigenvalue weighted by Crippen LogP contribution is 2.17. The molecule has 108 valence electrons. The summed E-state index contributed by atoms with van der Waals surface area (Å²) < 4.78 is 2.24. The van der Waals surface area contributed by atoms with Crippen LogP contribution in [-0.2, 0) is 17.9 Å². The Balaban J connectivity index is 2.18. The van der Waals surface area contributed by atoms with Crippen LogP contribution in [0.15, 0.2) is 24.3 Å². The molecule has 0 radical (unpaired) electrons. The Morgan fingerprint density at radius 2 is 2.05 bits per heavy atom. The molecule has 0 bridgehead atoms. The highest BCUT2D eigenvalue weighted by Gasteiger charge is 2.10. The van der Waals surface area contributed by atoms with Gasteiger partial charge in [-0.1, -0.05) is 38.3 Å². The second-order valence-electron chi connectivity index (χ2n) is 5.14. The Kier molecular flexibility index (Phi) is 5.16. The van der Waals surface area contributed by atoms with Crippen LogP contribution >= 0.6 is 0 Å². The van der Waals surface area contributed by atoms with Crippen LogP contribution < -0.4 is 5.32 Å². The van der Waals surface area contributed by atoms with Crippen molar-refractivity contribution in [3.05, 3.63) is 30.1 Å². The van der Waals surface area contributed by atoms with Crippen molar-refractivity contribution in [2.24, 2.45) is 0 Å². The van der Waals surface area contributed by atoms with Gasteiger partial charge >= 0.3 is 0 Å². The number of rotatable bonds is 7. The summed E-state index contributed by atoms with van der Waals surface area (Å²) >= 11 is 0. The van der Waals surface area contributed by atoms with E-state index < -0.39 is 0 Å². The number of hydrogen-bond donors (Lipinski definition) is 1. The van der Waals surface area contributed by atoms with E-state index in [1.54, 1.807) is 0 Å². The van der Waals surface area contributed by atoms with Crippen LogP contribution in [0.5, 0.6) is 0 Å². The molecule has 0 saturated heterocycles. The van der Waals surface area contributed by atoms with E-state index in [4.69, 9.17) is 0 Å². The van der Waals surface area contributed by atoms with Gasteiger partial charge in [0, 0.05) is 13.5 Å².